The summed E-state index contributed by atoms with van der Waals surface area (Å²) in [6.07, 6.45) is 2.03. The quantitative estimate of drug-likeness (QED) is 0.361. The van der Waals surface area contributed by atoms with Crippen LogP contribution in [0.2, 0.25) is 0 Å². The van der Waals surface area contributed by atoms with Gasteiger partial charge in [-0.15, -0.1) is 0 Å². The van der Waals surface area contributed by atoms with E-state index >= 15 is 0 Å². The first-order chi connectivity index (χ1) is 5.16. The van der Waals surface area contributed by atoms with Gasteiger partial charge in [0.25, 0.3) is 0 Å². The molecule has 0 saturated carbocycles. The molecule has 0 aromatic carbocycles. The first-order valence-electron chi connectivity index (χ1n) is 3.84. The molecule has 0 unspecified atom stereocenters. The Hall–Kier alpha value is -0.990. The van der Waals surface area contributed by atoms with Crippen LogP contribution in [-0.2, 0) is 0 Å². The highest BCUT2D eigenvalue weighted by Crippen LogP contribution is 1.86. The molecule has 0 aromatic heterocycles. The van der Waals surface area contributed by atoms with Gasteiger partial charge in [-0.25, -0.2) is 4.99 Å². The van der Waals surface area contributed by atoms with Crippen LogP contribution in [-0.4, -0.2) is 19.0 Å². The van der Waals surface area contributed by atoms with Crippen molar-refractivity contribution in [2.24, 2.45) is 10.7 Å². The molecule has 0 heterocycles. The SMILES string of the molecule is CCNC(N)=NCC=C(C)C. The number of aliphatic imine (C=N–C) groups is 1. The zero-order valence-electron chi connectivity index (χ0n) is 7.52. The van der Waals surface area contributed by atoms with Gasteiger partial charge in [0.1, 0.15) is 0 Å². The van der Waals surface area contributed by atoms with Gasteiger partial charge in [0.15, 0.2) is 5.96 Å². The van der Waals surface area contributed by atoms with Gasteiger partial charge in [-0.3, -0.25) is 0 Å². The highest BCUT2D eigenvalue weighted by Gasteiger charge is 1.83. The minimum absolute atomic E-state index is 0.519. The maximum atomic E-state index is 5.48. The van der Waals surface area contributed by atoms with E-state index in [0.717, 1.165) is 6.54 Å². The first-order valence-corrected chi connectivity index (χ1v) is 3.84. The molecule has 0 fully saturated rings. The monoisotopic (exact) mass is 155 g/mol. The molecule has 64 valence electrons. The number of guanidine groups is 1. The third-order valence-electron chi connectivity index (χ3n) is 1.12. The van der Waals surface area contributed by atoms with Crippen molar-refractivity contribution in [3.05, 3.63) is 11.6 Å². The molecule has 0 amide bonds. The van der Waals surface area contributed by atoms with E-state index in [1.165, 1.54) is 5.57 Å². The number of nitrogens with two attached hydrogens (primary N) is 1. The van der Waals surface area contributed by atoms with E-state index in [9.17, 15) is 0 Å². The molecule has 0 bridgehead atoms. The van der Waals surface area contributed by atoms with E-state index < -0.39 is 0 Å². The van der Waals surface area contributed by atoms with Gasteiger partial charge >= 0.3 is 0 Å². The lowest BCUT2D eigenvalue weighted by Gasteiger charge is -1.99. The Morgan fingerprint density at radius 2 is 2.18 bits per heavy atom. The van der Waals surface area contributed by atoms with Crippen LogP contribution in [0.15, 0.2) is 16.6 Å². The van der Waals surface area contributed by atoms with Gasteiger partial charge in [0.2, 0.25) is 0 Å². The molecule has 3 heteroatoms. The summed E-state index contributed by atoms with van der Waals surface area (Å²) in [6, 6.07) is 0. The second-order valence-electron chi connectivity index (χ2n) is 2.54. The van der Waals surface area contributed by atoms with Gasteiger partial charge in [-0.05, 0) is 20.8 Å². The molecule has 0 spiro atoms. The van der Waals surface area contributed by atoms with E-state index in [2.05, 4.69) is 10.3 Å². The van der Waals surface area contributed by atoms with Crippen LogP contribution in [0.3, 0.4) is 0 Å². The average molecular weight is 155 g/mol. The Balaban J connectivity index is 3.64. The topological polar surface area (TPSA) is 50.4 Å². The molecule has 0 saturated heterocycles. The van der Waals surface area contributed by atoms with Crippen LogP contribution >= 0.6 is 0 Å². The van der Waals surface area contributed by atoms with Crippen molar-refractivity contribution in [2.45, 2.75) is 20.8 Å². The number of hydrogen-bond acceptors (Lipinski definition) is 1. The summed E-state index contributed by atoms with van der Waals surface area (Å²) in [5.74, 6) is 0.519. The zero-order chi connectivity index (χ0) is 8.69. The summed E-state index contributed by atoms with van der Waals surface area (Å²) in [7, 11) is 0. The predicted molar refractivity (Wildman–Crippen MR) is 49.6 cm³/mol. The minimum atomic E-state index is 0.519. The normalized spacial score (nSPS) is 11.0. The fourth-order valence-electron chi connectivity index (χ4n) is 0.564. The molecule has 0 aliphatic carbocycles. The summed E-state index contributed by atoms with van der Waals surface area (Å²) in [5, 5.41) is 2.92. The molecule has 0 atom stereocenters. The molecule has 0 aromatic rings. The molecule has 0 radical (unpaired) electrons. The number of rotatable bonds is 3. The highest BCUT2D eigenvalue weighted by atomic mass is 15.1. The summed E-state index contributed by atoms with van der Waals surface area (Å²) in [5.41, 5.74) is 6.74. The van der Waals surface area contributed by atoms with Crippen LogP contribution in [0.1, 0.15) is 20.8 Å². The van der Waals surface area contributed by atoms with Gasteiger partial charge in [-0.2, -0.15) is 0 Å². The number of nitrogens with zero attached hydrogens (tertiary/aromatic N) is 1. The Kier molecular flexibility index (Phi) is 5.25. The Bertz CT molecular complexity index is 155. The highest BCUT2D eigenvalue weighted by molar-refractivity contribution is 5.77. The summed E-state index contributed by atoms with van der Waals surface area (Å²) < 4.78 is 0. The molecule has 0 rings (SSSR count). The lowest BCUT2D eigenvalue weighted by atomic mass is 10.3. The van der Waals surface area contributed by atoms with Gasteiger partial charge in [0.05, 0.1) is 6.54 Å². The molecular weight excluding hydrogens is 138 g/mol. The summed E-state index contributed by atoms with van der Waals surface area (Å²) in [4.78, 5) is 4.06. The van der Waals surface area contributed by atoms with Crippen molar-refractivity contribution in [3.63, 3.8) is 0 Å². The molecule has 3 nitrogen and oxygen atoms in total. The fourth-order valence-corrected chi connectivity index (χ4v) is 0.564. The van der Waals surface area contributed by atoms with Crippen LogP contribution in [0.25, 0.3) is 0 Å². The van der Waals surface area contributed by atoms with Gasteiger partial charge in [0, 0.05) is 6.54 Å². The maximum Gasteiger partial charge on any atom is 0.188 e. The van der Waals surface area contributed by atoms with Gasteiger partial charge < -0.3 is 11.1 Å². The van der Waals surface area contributed by atoms with Crippen molar-refractivity contribution < 1.29 is 0 Å². The van der Waals surface area contributed by atoms with Crippen LogP contribution in [0.5, 0.6) is 0 Å². The largest absolute Gasteiger partial charge is 0.370 e. The average Bonchev–Trinajstić information content (AvgIpc) is 1.87. The van der Waals surface area contributed by atoms with E-state index in [-0.39, 0.29) is 0 Å². The number of allylic oxidation sites excluding steroid dienone is 1. The summed E-state index contributed by atoms with van der Waals surface area (Å²) in [6.45, 7) is 7.56. The van der Waals surface area contributed by atoms with Crippen LogP contribution in [0.4, 0.5) is 0 Å². The van der Waals surface area contributed by atoms with E-state index in [0.29, 0.717) is 12.5 Å². The number of nitrogens with one attached hydrogen (secondary N) is 1. The maximum absolute atomic E-state index is 5.48. The molecular formula is C8H17N3. The molecule has 3 N–H and O–H groups in total. The van der Waals surface area contributed by atoms with Crippen molar-refractivity contribution >= 4 is 5.96 Å². The van der Waals surface area contributed by atoms with Gasteiger partial charge in [-0.1, -0.05) is 11.6 Å². The Morgan fingerprint density at radius 3 is 2.64 bits per heavy atom. The standard InChI is InChI=1S/C8H17N3/c1-4-10-8(9)11-6-5-7(2)3/h5H,4,6H2,1-3H3,(H3,9,10,11). The second kappa shape index (κ2) is 5.77. The van der Waals surface area contributed by atoms with Crippen molar-refractivity contribution in [2.75, 3.05) is 13.1 Å². The predicted octanol–water partition coefficient (Wildman–Crippen LogP) is 0.877. The molecule has 0 aliphatic heterocycles. The third-order valence-corrected chi connectivity index (χ3v) is 1.12. The lowest BCUT2D eigenvalue weighted by molar-refractivity contribution is 0.942. The Labute approximate surface area is 68.4 Å². The van der Waals surface area contributed by atoms with Crippen molar-refractivity contribution in [1.29, 1.82) is 0 Å². The fraction of sp³-hybridized carbons (Fsp3) is 0.625. The van der Waals surface area contributed by atoms with E-state index in [1.54, 1.807) is 0 Å². The lowest BCUT2D eigenvalue weighted by Crippen LogP contribution is -2.31. The zero-order valence-corrected chi connectivity index (χ0v) is 7.52. The smallest absolute Gasteiger partial charge is 0.188 e. The molecule has 0 aliphatic rings. The first kappa shape index (κ1) is 10.0. The minimum Gasteiger partial charge on any atom is -0.370 e. The van der Waals surface area contributed by atoms with Crippen LogP contribution in [0, 0.1) is 0 Å². The van der Waals surface area contributed by atoms with E-state index in [4.69, 9.17) is 5.73 Å². The van der Waals surface area contributed by atoms with E-state index in [1.807, 2.05) is 26.8 Å². The Morgan fingerprint density at radius 1 is 1.55 bits per heavy atom. The van der Waals surface area contributed by atoms with Crippen molar-refractivity contribution in [1.82, 2.24) is 5.32 Å². The number of hydrogen-bond donors (Lipinski definition) is 2. The van der Waals surface area contributed by atoms with Crippen molar-refractivity contribution in [3.8, 4) is 0 Å². The molecule has 11 heavy (non-hydrogen) atoms. The van der Waals surface area contributed by atoms with Crippen LogP contribution < -0.4 is 11.1 Å². The third kappa shape index (κ3) is 6.90. The second-order valence-corrected chi connectivity index (χ2v) is 2.54. The summed E-state index contributed by atoms with van der Waals surface area (Å²) >= 11 is 0.